The van der Waals surface area contributed by atoms with Crippen molar-refractivity contribution in [2.75, 3.05) is 6.61 Å². The zero-order valence-corrected chi connectivity index (χ0v) is 10.6. The Balaban J connectivity index is 1.98. The van der Waals surface area contributed by atoms with Crippen molar-refractivity contribution >= 4 is 5.69 Å². The summed E-state index contributed by atoms with van der Waals surface area (Å²) in [6, 6.07) is 11.0. The van der Waals surface area contributed by atoms with Gasteiger partial charge in [0.05, 0.1) is 29.3 Å². The van der Waals surface area contributed by atoms with Crippen LogP contribution in [-0.4, -0.2) is 11.5 Å². The monoisotopic (exact) mass is 273 g/mol. The van der Waals surface area contributed by atoms with Crippen LogP contribution in [0.25, 0.3) is 11.1 Å². The number of halogens is 1. The van der Waals surface area contributed by atoms with Crippen molar-refractivity contribution in [3.05, 3.63) is 64.0 Å². The molecule has 1 saturated heterocycles. The number of nitro groups is 1. The number of benzene rings is 2. The molecule has 20 heavy (non-hydrogen) atoms. The first-order chi connectivity index (χ1) is 9.65. The van der Waals surface area contributed by atoms with Crippen LogP contribution in [0.1, 0.15) is 18.1 Å². The van der Waals surface area contributed by atoms with E-state index in [2.05, 4.69) is 0 Å². The molecule has 1 atom stereocenters. The van der Waals surface area contributed by atoms with E-state index < -0.39 is 10.7 Å². The maximum atomic E-state index is 13.1. The molecule has 0 aliphatic carbocycles. The van der Waals surface area contributed by atoms with Crippen molar-refractivity contribution in [1.29, 1.82) is 0 Å². The van der Waals surface area contributed by atoms with Crippen LogP contribution >= 0.6 is 0 Å². The summed E-state index contributed by atoms with van der Waals surface area (Å²) in [5.41, 5.74) is 1.94. The second kappa shape index (κ2) is 5.02. The third kappa shape index (κ3) is 2.28. The van der Waals surface area contributed by atoms with E-state index >= 15 is 0 Å². The fourth-order valence-electron chi connectivity index (χ4n) is 2.28. The van der Waals surface area contributed by atoms with Crippen LogP contribution in [-0.2, 0) is 4.74 Å². The van der Waals surface area contributed by atoms with E-state index in [0.717, 1.165) is 24.7 Å². The van der Waals surface area contributed by atoms with E-state index in [1.165, 1.54) is 12.1 Å². The van der Waals surface area contributed by atoms with E-state index in [0.29, 0.717) is 11.1 Å². The van der Waals surface area contributed by atoms with Gasteiger partial charge in [-0.3, -0.25) is 10.1 Å². The lowest BCUT2D eigenvalue weighted by molar-refractivity contribution is -0.384. The maximum Gasteiger partial charge on any atom is 0.280 e. The van der Waals surface area contributed by atoms with Gasteiger partial charge >= 0.3 is 0 Å². The minimum Gasteiger partial charge on any atom is -0.373 e. The van der Waals surface area contributed by atoms with E-state index in [4.69, 9.17) is 4.74 Å². The molecule has 0 radical (unpaired) electrons. The summed E-state index contributed by atoms with van der Waals surface area (Å²) in [5.74, 6) is -0.611. The lowest BCUT2D eigenvalue weighted by Gasteiger charge is -2.26. The molecule has 3 rings (SSSR count). The Kier molecular flexibility index (Phi) is 3.20. The molecule has 0 bridgehead atoms. The molecule has 1 aliphatic rings. The van der Waals surface area contributed by atoms with Gasteiger partial charge in [-0.15, -0.1) is 0 Å². The second-order valence-electron chi connectivity index (χ2n) is 4.69. The first-order valence-corrected chi connectivity index (χ1v) is 6.31. The Hall–Kier alpha value is -2.27. The van der Waals surface area contributed by atoms with Crippen molar-refractivity contribution in [3.8, 4) is 11.1 Å². The Morgan fingerprint density at radius 2 is 1.90 bits per heavy atom. The zero-order chi connectivity index (χ0) is 14.1. The molecule has 2 aromatic carbocycles. The van der Waals surface area contributed by atoms with E-state index in [9.17, 15) is 14.5 Å². The number of nitrogens with zero attached hydrogens (tertiary/aromatic N) is 1. The summed E-state index contributed by atoms with van der Waals surface area (Å²) in [5, 5.41) is 11.0. The molecule has 1 unspecified atom stereocenters. The van der Waals surface area contributed by atoms with Crippen molar-refractivity contribution in [3.63, 3.8) is 0 Å². The molecular formula is C15H12FNO3. The van der Waals surface area contributed by atoms with Gasteiger partial charge in [0, 0.05) is 6.42 Å². The first kappa shape index (κ1) is 12.7. The van der Waals surface area contributed by atoms with Crippen LogP contribution < -0.4 is 0 Å². The molecule has 0 aromatic heterocycles. The van der Waals surface area contributed by atoms with Crippen LogP contribution in [0, 0.1) is 15.9 Å². The van der Waals surface area contributed by atoms with Crippen molar-refractivity contribution < 1.29 is 14.1 Å². The lowest BCUT2D eigenvalue weighted by Crippen LogP contribution is -2.17. The van der Waals surface area contributed by atoms with Crippen molar-refractivity contribution in [1.82, 2.24) is 0 Å². The third-order valence-electron chi connectivity index (χ3n) is 3.45. The lowest BCUT2D eigenvalue weighted by atomic mass is 9.98. The summed E-state index contributed by atoms with van der Waals surface area (Å²) >= 11 is 0. The first-order valence-electron chi connectivity index (χ1n) is 6.31. The number of rotatable bonds is 3. The fraction of sp³-hybridized carbons (Fsp3) is 0.200. The van der Waals surface area contributed by atoms with Crippen molar-refractivity contribution in [2.24, 2.45) is 0 Å². The molecule has 1 fully saturated rings. The van der Waals surface area contributed by atoms with Gasteiger partial charge in [0.1, 0.15) is 5.82 Å². The van der Waals surface area contributed by atoms with Crippen molar-refractivity contribution in [2.45, 2.75) is 12.5 Å². The fourth-order valence-corrected chi connectivity index (χ4v) is 2.28. The topological polar surface area (TPSA) is 52.4 Å². The van der Waals surface area contributed by atoms with Crippen LogP contribution in [0.5, 0.6) is 0 Å². The molecule has 1 heterocycles. The standard InChI is InChI=1S/C15H12FNO3/c16-12-5-6-13(14(9-12)17(18)19)10-1-3-11(4-2-10)15-7-8-20-15/h1-6,9,15H,7-8H2. The maximum absolute atomic E-state index is 13.1. The number of nitro benzene ring substituents is 1. The Morgan fingerprint density at radius 3 is 2.45 bits per heavy atom. The molecule has 1 aliphatic heterocycles. The van der Waals surface area contributed by atoms with Crippen LogP contribution in [0.2, 0.25) is 0 Å². The van der Waals surface area contributed by atoms with Gasteiger partial charge in [0.25, 0.3) is 5.69 Å². The Bertz CT molecular complexity index is 651. The number of hydrogen-bond acceptors (Lipinski definition) is 3. The van der Waals surface area contributed by atoms with Gasteiger partial charge in [-0.25, -0.2) is 4.39 Å². The average Bonchev–Trinajstić information content (AvgIpc) is 2.38. The molecule has 5 heteroatoms. The predicted octanol–water partition coefficient (Wildman–Crippen LogP) is 3.86. The predicted molar refractivity (Wildman–Crippen MR) is 71.8 cm³/mol. The summed E-state index contributed by atoms with van der Waals surface area (Å²) in [6.07, 6.45) is 1.13. The van der Waals surface area contributed by atoms with E-state index in [-0.39, 0.29) is 11.8 Å². The SMILES string of the molecule is O=[N+]([O-])c1cc(F)ccc1-c1ccc(C2CCO2)cc1. The normalized spacial score (nSPS) is 17.6. The molecular weight excluding hydrogens is 261 g/mol. The highest BCUT2D eigenvalue weighted by Crippen LogP contribution is 2.33. The summed E-state index contributed by atoms with van der Waals surface area (Å²) in [6.45, 7) is 0.774. The minimum absolute atomic E-state index is 0.132. The van der Waals surface area contributed by atoms with Gasteiger partial charge in [-0.05, 0) is 23.3 Å². The summed E-state index contributed by atoms with van der Waals surface area (Å²) in [4.78, 5) is 10.4. The van der Waals surface area contributed by atoms with Gasteiger partial charge in [0.15, 0.2) is 0 Å². The largest absolute Gasteiger partial charge is 0.373 e. The second-order valence-corrected chi connectivity index (χ2v) is 4.69. The number of ether oxygens (including phenoxy) is 1. The number of hydrogen-bond donors (Lipinski definition) is 0. The van der Waals surface area contributed by atoms with E-state index in [1.54, 1.807) is 12.1 Å². The van der Waals surface area contributed by atoms with Gasteiger partial charge < -0.3 is 4.74 Å². The molecule has 4 nitrogen and oxygen atoms in total. The zero-order valence-electron chi connectivity index (χ0n) is 10.6. The van der Waals surface area contributed by atoms with Crippen LogP contribution in [0.4, 0.5) is 10.1 Å². The molecule has 102 valence electrons. The highest BCUT2D eigenvalue weighted by molar-refractivity contribution is 5.73. The average molecular weight is 273 g/mol. The summed E-state index contributed by atoms with van der Waals surface area (Å²) < 4.78 is 18.5. The summed E-state index contributed by atoms with van der Waals surface area (Å²) in [7, 11) is 0. The highest BCUT2D eigenvalue weighted by atomic mass is 19.1. The quantitative estimate of drug-likeness (QED) is 0.630. The smallest absolute Gasteiger partial charge is 0.280 e. The molecule has 0 saturated carbocycles. The Labute approximate surface area is 115 Å². The van der Waals surface area contributed by atoms with Crippen LogP contribution in [0.15, 0.2) is 42.5 Å². The molecule has 0 spiro atoms. The molecule has 2 aromatic rings. The minimum atomic E-state index is -0.611. The third-order valence-corrected chi connectivity index (χ3v) is 3.45. The van der Waals surface area contributed by atoms with Crippen LogP contribution in [0.3, 0.4) is 0 Å². The van der Waals surface area contributed by atoms with Gasteiger partial charge in [0.2, 0.25) is 0 Å². The molecule has 0 amide bonds. The highest BCUT2D eigenvalue weighted by Gasteiger charge is 2.21. The van der Waals surface area contributed by atoms with Gasteiger partial charge in [-0.1, -0.05) is 24.3 Å². The molecule has 0 N–H and O–H groups in total. The van der Waals surface area contributed by atoms with E-state index in [1.807, 2.05) is 12.1 Å². The Morgan fingerprint density at radius 1 is 1.20 bits per heavy atom. The van der Waals surface area contributed by atoms with Gasteiger partial charge in [-0.2, -0.15) is 0 Å².